The average Bonchev–Trinajstić information content (AvgIpc) is 2.93. The molecule has 6 heteroatoms. The molecule has 5 nitrogen and oxygen atoms in total. The molecule has 0 aromatic rings. The van der Waals surface area contributed by atoms with E-state index in [1.54, 1.807) is 0 Å². The molecule has 2 N–H and O–H groups in total. The number of nitrogens with one attached hydrogen (secondary N) is 1. The topological polar surface area (TPSA) is 69.6 Å². The quantitative estimate of drug-likeness (QED) is 0.718. The van der Waals surface area contributed by atoms with E-state index in [0.717, 1.165) is 0 Å². The van der Waals surface area contributed by atoms with Crippen molar-refractivity contribution in [2.45, 2.75) is 31.3 Å². The number of carbonyl (C=O) groups excluding carboxylic acids is 1. The molecule has 1 saturated heterocycles. The predicted molar refractivity (Wildman–Crippen MR) is 61.2 cm³/mol. The fourth-order valence-corrected chi connectivity index (χ4v) is 2.88. The van der Waals surface area contributed by atoms with Gasteiger partial charge in [0.1, 0.15) is 6.04 Å². The van der Waals surface area contributed by atoms with E-state index in [-0.39, 0.29) is 5.91 Å². The van der Waals surface area contributed by atoms with Gasteiger partial charge in [0.25, 0.3) is 0 Å². The normalized spacial score (nSPS) is 24.8. The molecule has 0 radical (unpaired) electrons. The highest BCUT2D eigenvalue weighted by Gasteiger charge is 2.34. The summed E-state index contributed by atoms with van der Waals surface area (Å²) in [6.07, 6.45) is 2.80. The number of aliphatic carboxylic acids is 1. The number of carboxylic acids is 1. The predicted octanol–water partition coefficient (Wildman–Crippen LogP) is 0.115. The van der Waals surface area contributed by atoms with Crippen LogP contribution in [-0.4, -0.2) is 52.1 Å². The minimum absolute atomic E-state index is 0.0504. The lowest BCUT2D eigenvalue weighted by Gasteiger charge is -2.20. The number of nitrogens with zero attached hydrogens (tertiary/aromatic N) is 1. The monoisotopic (exact) mass is 244 g/mol. The summed E-state index contributed by atoms with van der Waals surface area (Å²) in [7, 11) is 0. The third-order valence-electron chi connectivity index (χ3n) is 2.84. The molecule has 1 saturated carbocycles. The van der Waals surface area contributed by atoms with Gasteiger partial charge < -0.3 is 15.3 Å². The molecule has 1 amide bonds. The lowest BCUT2D eigenvalue weighted by atomic mass is 10.2. The summed E-state index contributed by atoms with van der Waals surface area (Å²) in [6, 6.07) is -0.0329. The summed E-state index contributed by atoms with van der Waals surface area (Å²) in [4.78, 5) is 24.1. The maximum atomic E-state index is 11.8. The Balaban J connectivity index is 1.75. The van der Waals surface area contributed by atoms with E-state index < -0.39 is 12.0 Å². The van der Waals surface area contributed by atoms with Crippen LogP contribution in [0.2, 0.25) is 0 Å². The first kappa shape index (κ1) is 11.7. The molecule has 1 unspecified atom stereocenters. The van der Waals surface area contributed by atoms with Gasteiger partial charge in [-0.25, -0.2) is 4.79 Å². The molecule has 0 aromatic carbocycles. The Morgan fingerprint density at radius 2 is 2.19 bits per heavy atom. The van der Waals surface area contributed by atoms with Crippen molar-refractivity contribution in [3.05, 3.63) is 0 Å². The van der Waals surface area contributed by atoms with Crippen LogP contribution in [-0.2, 0) is 9.59 Å². The Kier molecular flexibility index (Phi) is 3.70. The molecule has 0 aromatic heterocycles. The molecule has 1 atom stereocenters. The number of carbonyl (C=O) groups is 2. The van der Waals surface area contributed by atoms with Gasteiger partial charge in [0, 0.05) is 24.8 Å². The summed E-state index contributed by atoms with van der Waals surface area (Å²) in [6.45, 7) is 0.664. The largest absolute Gasteiger partial charge is 0.480 e. The van der Waals surface area contributed by atoms with Crippen molar-refractivity contribution in [3.63, 3.8) is 0 Å². The van der Waals surface area contributed by atoms with Crippen LogP contribution in [0.5, 0.6) is 0 Å². The van der Waals surface area contributed by atoms with E-state index in [1.165, 1.54) is 29.5 Å². The van der Waals surface area contributed by atoms with Gasteiger partial charge in [0.05, 0.1) is 5.88 Å². The third kappa shape index (κ3) is 2.89. The van der Waals surface area contributed by atoms with Gasteiger partial charge in [-0.2, -0.15) is 0 Å². The van der Waals surface area contributed by atoms with Crippen molar-refractivity contribution in [3.8, 4) is 0 Å². The van der Waals surface area contributed by atoms with Gasteiger partial charge >= 0.3 is 5.97 Å². The van der Waals surface area contributed by atoms with Gasteiger partial charge in [-0.15, -0.1) is 11.8 Å². The molecule has 2 rings (SSSR count). The van der Waals surface area contributed by atoms with Crippen LogP contribution in [0.3, 0.4) is 0 Å². The number of rotatable bonds is 5. The van der Waals surface area contributed by atoms with Gasteiger partial charge in [0.2, 0.25) is 5.91 Å². The fourth-order valence-electron chi connectivity index (χ4n) is 1.71. The van der Waals surface area contributed by atoms with Crippen molar-refractivity contribution >= 4 is 23.6 Å². The molecule has 90 valence electrons. The zero-order valence-corrected chi connectivity index (χ0v) is 9.83. The summed E-state index contributed by atoms with van der Waals surface area (Å²) in [5, 5.41) is 12.2. The lowest BCUT2D eigenvalue weighted by molar-refractivity contribution is -0.147. The number of amides is 1. The summed E-state index contributed by atoms with van der Waals surface area (Å²) in [5.41, 5.74) is 0. The van der Waals surface area contributed by atoms with E-state index in [1.807, 2.05) is 0 Å². The van der Waals surface area contributed by atoms with Crippen LogP contribution in [0.25, 0.3) is 0 Å². The molecular formula is C10H16N2O3S. The summed E-state index contributed by atoms with van der Waals surface area (Å²) >= 11 is 1.50. The smallest absolute Gasteiger partial charge is 0.327 e. The summed E-state index contributed by atoms with van der Waals surface area (Å²) in [5.74, 6) is 0.0788. The standard InChI is InChI=1S/C10H16N2O3S/c13-9(3-4-11-7-1-2-7)12-6-16-5-8(12)10(14)15/h7-8,11H,1-6H2,(H,14,15). The Labute approximate surface area is 98.6 Å². The van der Waals surface area contributed by atoms with E-state index in [2.05, 4.69) is 5.32 Å². The number of thioether (sulfide) groups is 1. The van der Waals surface area contributed by atoms with E-state index in [0.29, 0.717) is 30.6 Å². The van der Waals surface area contributed by atoms with Crippen molar-refractivity contribution in [1.29, 1.82) is 0 Å². The van der Waals surface area contributed by atoms with Crippen molar-refractivity contribution < 1.29 is 14.7 Å². The van der Waals surface area contributed by atoms with E-state index in [4.69, 9.17) is 5.11 Å². The van der Waals surface area contributed by atoms with Crippen LogP contribution in [0.15, 0.2) is 0 Å². The molecule has 2 fully saturated rings. The number of hydrogen-bond donors (Lipinski definition) is 2. The van der Waals surface area contributed by atoms with Gasteiger partial charge in [-0.3, -0.25) is 4.79 Å². The molecule has 1 aliphatic carbocycles. The molecule has 0 spiro atoms. The first-order valence-electron chi connectivity index (χ1n) is 5.52. The van der Waals surface area contributed by atoms with Crippen LogP contribution in [0, 0.1) is 0 Å². The fraction of sp³-hybridized carbons (Fsp3) is 0.800. The van der Waals surface area contributed by atoms with Crippen molar-refractivity contribution in [2.75, 3.05) is 18.2 Å². The zero-order chi connectivity index (χ0) is 11.5. The second-order valence-electron chi connectivity index (χ2n) is 4.20. The van der Waals surface area contributed by atoms with Crippen LogP contribution < -0.4 is 5.32 Å². The highest BCUT2D eigenvalue weighted by molar-refractivity contribution is 7.99. The maximum Gasteiger partial charge on any atom is 0.327 e. The van der Waals surface area contributed by atoms with Crippen molar-refractivity contribution in [2.24, 2.45) is 0 Å². The van der Waals surface area contributed by atoms with Gasteiger partial charge in [-0.05, 0) is 12.8 Å². The third-order valence-corrected chi connectivity index (χ3v) is 3.85. The van der Waals surface area contributed by atoms with E-state index >= 15 is 0 Å². The van der Waals surface area contributed by atoms with Crippen LogP contribution in [0.4, 0.5) is 0 Å². The van der Waals surface area contributed by atoms with Crippen molar-refractivity contribution in [1.82, 2.24) is 10.2 Å². The first-order valence-corrected chi connectivity index (χ1v) is 6.67. The molecule has 2 aliphatic rings. The molecule has 0 bridgehead atoms. The SMILES string of the molecule is O=C(O)C1CSCN1C(=O)CCNC1CC1. The zero-order valence-electron chi connectivity index (χ0n) is 9.02. The van der Waals surface area contributed by atoms with E-state index in [9.17, 15) is 9.59 Å². The highest BCUT2D eigenvalue weighted by atomic mass is 32.2. The first-order chi connectivity index (χ1) is 7.68. The Morgan fingerprint density at radius 1 is 1.44 bits per heavy atom. The molecule has 1 heterocycles. The molecular weight excluding hydrogens is 228 g/mol. The van der Waals surface area contributed by atoms with Crippen LogP contribution in [0.1, 0.15) is 19.3 Å². The average molecular weight is 244 g/mol. The lowest BCUT2D eigenvalue weighted by Crippen LogP contribution is -2.42. The Hall–Kier alpha value is -0.750. The second kappa shape index (κ2) is 5.05. The molecule has 1 aliphatic heterocycles. The second-order valence-corrected chi connectivity index (χ2v) is 5.20. The summed E-state index contributed by atoms with van der Waals surface area (Å²) < 4.78 is 0. The van der Waals surface area contributed by atoms with Gasteiger partial charge in [0.15, 0.2) is 0 Å². The molecule has 16 heavy (non-hydrogen) atoms. The van der Waals surface area contributed by atoms with Crippen LogP contribution >= 0.6 is 11.8 Å². The Bertz CT molecular complexity index is 294. The van der Waals surface area contributed by atoms with Gasteiger partial charge in [-0.1, -0.05) is 0 Å². The Morgan fingerprint density at radius 3 is 2.81 bits per heavy atom. The highest BCUT2D eigenvalue weighted by Crippen LogP contribution is 2.22. The maximum absolute atomic E-state index is 11.8. The minimum atomic E-state index is -0.895. The number of carboxylic acid groups (broad SMARTS) is 1. The number of hydrogen-bond acceptors (Lipinski definition) is 4. The minimum Gasteiger partial charge on any atom is -0.480 e.